The van der Waals surface area contributed by atoms with E-state index in [1.807, 2.05) is 35.8 Å². The molecular weight excluding hydrogens is 318 g/mol. The first-order chi connectivity index (χ1) is 12.2. The quantitative estimate of drug-likeness (QED) is 0.575. The number of hydrogen-bond acceptors (Lipinski definition) is 6. The zero-order valence-corrected chi connectivity index (χ0v) is 13.6. The highest BCUT2D eigenvalue weighted by molar-refractivity contribution is 5.80. The minimum Gasteiger partial charge on any atom is -0.354 e. The van der Waals surface area contributed by atoms with Crippen molar-refractivity contribution in [3.05, 3.63) is 52.0 Å². The van der Waals surface area contributed by atoms with Gasteiger partial charge in [-0.3, -0.25) is 9.36 Å². The smallest absolute Gasteiger partial charge is 0.300 e. The minimum atomic E-state index is -0.301. The summed E-state index contributed by atoms with van der Waals surface area (Å²) in [6, 6.07) is 7.92. The van der Waals surface area contributed by atoms with Crippen molar-refractivity contribution in [1.82, 2.24) is 29.5 Å². The van der Waals surface area contributed by atoms with Gasteiger partial charge in [0.2, 0.25) is 5.95 Å². The lowest BCUT2D eigenvalue weighted by Gasteiger charge is -2.04. The number of benzene rings is 1. The number of anilines is 1. The van der Waals surface area contributed by atoms with Crippen molar-refractivity contribution in [2.24, 2.45) is 0 Å². The highest BCUT2D eigenvalue weighted by atomic mass is 16.1. The molecule has 8 nitrogen and oxygen atoms in total. The van der Waals surface area contributed by atoms with Crippen LogP contribution in [0.5, 0.6) is 0 Å². The van der Waals surface area contributed by atoms with Gasteiger partial charge in [0, 0.05) is 24.2 Å². The lowest BCUT2D eigenvalue weighted by atomic mass is 10.2. The number of rotatable bonds is 2. The number of nitrogens with one attached hydrogen (secondary N) is 2. The van der Waals surface area contributed by atoms with Crippen LogP contribution in [-0.2, 0) is 13.0 Å². The van der Waals surface area contributed by atoms with Crippen LogP contribution in [0.15, 0.2) is 29.1 Å². The van der Waals surface area contributed by atoms with Crippen molar-refractivity contribution < 1.29 is 0 Å². The highest BCUT2D eigenvalue weighted by Crippen LogP contribution is 2.19. The maximum absolute atomic E-state index is 12.2. The first-order valence-electron chi connectivity index (χ1n) is 8.14. The standard InChI is InChI=1S/C17H15N7O/c1-9-10-4-2-3-5-11(10)20-12(19-9)8-13-21-14-15(22-13)24-7-6-18-17(24)23-16(14)25/h2-5H,6-8H2,1H3,(H,21,22)(H,18,23,25). The number of fused-ring (bicyclic) bond motifs is 4. The molecule has 0 radical (unpaired) electrons. The molecule has 0 saturated heterocycles. The molecule has 3 aromatic heterocycles. The van der Waals surface area contributed by atoms with E-state index in [0.717, 1.165) is 29.7 Å². The molecule has 25 heavy (non-hydrogen) atoms. The maximum Gasteiger partial charge on any atom is 0.300 e. The van der Waals surface area contributed by atoms with E-state index in [1.54, 1.807) is 0 Å². The largest absolute Gasteiger partial charge is 0.354 e. The van der Waals surface area contributed by atoms with E-state index < -0.39 is 0 Å². The van der Waals surface area contributed by atoms with Crippen LogP contribution in [0, 0.1) is 6.92 Å². The van der Waals surface area contributed by atoms with Gasteiger partial charge < -0.3 is 10.3 Å². The third-order valence-electron chi connectivity index (χ3n) is 4.45. The Morgan fingerprint density at radius 3 is 2.96 bits per heavy atom. The van der Waals surface area contributed by atoms with E-state index in [0.29, 0.717) is 35.2 Å². The first-order valence-corrected chi connectivity index (χ1v) is 8.14. The molecule has 0 aliphatic carbocycles. The van der Waals surface area contributed by atoms with E-state index >= 15 is 0 Å². The lowest BCUT2D eigenvalue weighted by Crippen LogP contribution is -2.12. The topological polar surface area (TPSA) is 101 Å². The van der Waals surface area contributed by atoms with Crippen molar-refractivity contribution in [2.75, 3.05) is 11.9 Å². The normalized spacial score (nSPS) is 13.3. The molecule has 1 aliphatic heterocycles. The van der Waals surface area contributed by atoms with Gasteiger partial charge in [0.15, 0.2) is 11.2 Å². The van der Waals surface area contributed by atoms with E-state index in [9.17, 15) is 4.79 Å². The molecule has 2 N–H and O–H groups in total. The average molecular weight is 333 g/mol. The zero-order chi connectivity index (χ0) is 17.0. The summed E-state index contributed by atoms with van der Waals surface area (Å²) in [6.45, 7) is 3.47. The lowest BCUT2D eigenvalue weighted by molar-refractivity contribution is 0.811. The summed E-state index contributed by atoms with van der Waals surface area (Å²) < 4.78 is 1.92. The van der Waals surface area contributed by atoms with E-state index in [-0.39, 0.29) is 5.56 Å². The Morgan fingerprint density at radius 2 is 2.04 bits per heavy atom. The second-order valence-corrected chi connectivity index (χ2v) is 6.12. The van der Waals surface area contributed by atoms with Crippen molar-refractivity contribution in [3.63, 3.8) is 0 Å². The van der Waals surface area contributed by atoms with Crippen LogP contribution < -0.4 is 10.9 Å². The Labute approximate surface area is 142 Å². The summed E-state index contributed by atoms with van der Waals surface area (Å²) in [4.78, 5) is 33.1. The Bertz CT molecular complexity index is 1190. The average Bonchev–Trinajstić information content (AvgIpc) is 3.21. The number of hydrogen-bond donors (Lipinski definition) is 2. The fourth-order valence-corrected chi connectivity index (χ4v) is 3.30. The molecule has 1 aromatic carbocycles. The van der Waals surface area contributed by atoms with Gasteiger partial charge in [-0.15, -0.1) is 0 Å². The summed E-state index contributed by atoms with van der Waals surface area (Å²) in [6.07, 6.45) is 0.433. The Balaban J connectivity index is 1.61. The van der Waals surface area contributed by atoms with Gasteiger partial charge in [0.05, 0.1) is 11.9 Å². The molecule has 4 heterocycles. The number of aromatic amines is 1. The third kappa shape index (κ3) is 2.18. The fraction of sp³-hybridized carbons (Fsp3) is 0.235. The van der Waals surface area contributed by atoms with Crippen LogP contribution in [0.1, 0.15) is 17.3 Å². The number of aryl methyl sites for hydroxylation is 1. The van der Waals surface area contributed by atoms with Crippen LogP contribution in [0.4, 0.5) is 5.95 Å². The van der Waals surface area contributed by atoms with Gasteiger partial charge in [0.1, 0.15) is 11.6 Å². The number of H-pyrrole nitrogens is 1. The molecule has 124 valence electrons. The van der Waals surface area contributed by atoms with E-state index in [2.05, 4.69) is 30.2 Å². The van der Waals surface area contributed by atoms with E-state index in [4.69, 9.17) is 0 Å². The van der Waals surface area contributed by atoms with Crippen molar-refractivity contribution in [3.8, 4) is 0 Å². The molecule has 0 bridgehead atoms. The predicted octanol–water partition coefficient (Wildman–Crippen LogP) is 1.39. The maximum atomic E-state index is 12.2. The third-order valence-corrected chi connectivity index (χ3v) is 4.45. The molecule has 1 aliphatic rings. The van der Waals surface area contributed by atoms with Crippen LogP contribution in [-0.4, -0.2) is 36.0 Å². The molecule has 0 amide bonds. The second-order valence-electron chi connectivity index (χ2n) is 6.12. The van der Waals surface area contributed by atoms with Crippen molar-refractivity contribution in [2.45, 2.75) is 19.9 Å². The summed E-state index contributed by atoms with van der Waals surface area (Å²) in [5, 5.41) is 4.14. The molecule has 8 heteroatoms. The number of nitrogens with zero attached hydrogens (tertiary/aromatic N) is 5. The molecule has 0 unspecified atom stereocenters. The van der Waals surface area contributed by atoms with Gasteiger partial charge in [-0.1, -0.05) is 18.2 Å². The summed E-state index contributed by atoms with van der Waals surface area (Å²) in [5.74, 6) is 1.92. The molecule has 0 saturated carbocycles. The molecule has 0 fully saturated rings. The van der Waals surface area contributed by atoms with Crippen molar-refractivity contribution in [1.29, 1.82) is 0 Å². The zero-order valence-electron chi connectivity index (χ0n) is 13.6. The van der Waals surface area contributed by atoms with Crippen molar-refractivity contribution >= 4 is 28.0 Å². The van der Waals surface area contributed by atoms with Crippen LogP contribution in [0.2, 0.25) is 0 Å². The predicted molar refractivity (Wildman–Crippen MR) is 93.7 cm³/mol. The van der Waals surface area contributed by atoms with Gasteiger partial charge in [0.25, 0.3) is 0 Å². The van der Waals surface area contributed by atoms with Crippen LogP contribution in [0.3, 0.4) is 0 Å². The van der Waals surface area contributed by atoms with Gasteiger partial charge in [-0.25, -0.2) is 15.0 Å². The number of para-hydroxylation sites is 1. The number of imidazole rings is 1. The Morgan fingerprint density at radius 1 is 1.16 bits per heavy atom. The SMILES string of the molecule is Cc1nc(Cc2nc3c([nH]2)c(=O)nc2n3CCN2)nc2ccccc12. The number of aromatic nitrogens is 6. The summed E-state index contributed by atoms with van der Waals surface area (Å²) >= 11 is 0. The molecule has 4 aromatic rings. The first kappa shape index (κ1) is 14.1. The van der Waals surface area contributed by atoms with Gasteiger partial charge in [-0.05, 0) is 13.0 Å². The fourth-order valence-electron chi connectivity index (χ4n) is 3.30. The molecule has 0 atom stereocenters. The Kier molecular flexibility index (Phi) is 2.87. The van der Waals surface area contributed by atoms with Gasteiger partial charge in [-0.2, -0.15) is 4.98 Å². The minimum absolute atomic E-state index is 0.301. The summed E-state index contributed by atoms with van der Waals surface area (Å²) in [7, 11) is 0. The second kappa shape index (κ2) is 5.10. The van der Waals surface area contributed by atoms with E-state index in [1.165, 1.54) is 0 Å². The van der Waals surface area contributed by atoms with Crippen LogP contribution in [0.25, 0.3) is 22.1 Å². The molecule has 0 spiro atoms. The Hall–Kier alpha value is -3.29. The monoisotopic (exact) mass is 333 g/mol. The van der Waals surface area contributed by atoms with Gasteiger partial charge >= 0.3 is 5.56 Å². The highest BCUT2D eigenvalue weighted by Gasteiger charge is 2.19. The molecular formula is C17H15N7O. The van der Waals surface area contributed by atoms with Crippen LogP contribution >= 0.6 is 0 Å². The summed E-state index contributed by atoms with van der Waals surface area (Å²) in [5.41, 5.74) is 2.60. The molecule has 5 rings (SSSR count).